The smallest absolute Gasteiger partial charge is 0.352 e. The monoisotopic (exact) mass is 563 g/mol. The molecule has 14 heteroatoms. The van der Waals surface area contributed by atoms with Gasteiger partial charge in [0.25, 0.3) is 0 Å². The van der Waals surface area contributed by atoms with E-state index in [1.54, 1.807) is 0 Å². The van der Waals surface area contributed by atoms with Crippen LogP contribution in [0.5, 0.6) is 0 Å². The minimum atomic E-state index is -4.47. The lowest BCUT2D eigenvalue weighted by Gasteiger charge is -2.24. The molecular weight excluding hydrogens is 538 g/mol. The van der Waals surface area contributed by atoms with E-state index < -0.39 is 54.4 Å². The number of sulfonamides is 2. The fourth-order valence-corrected chi connectivity index (χ4v) is 6.13. The Bertz CT molecular complexity index is 1360. The molecule has 1 aliphatic rings. The molecule has 1 aliphatic heterocycles. The second kappa shape index (κ2) is 11.3. The number of nitrogens with zero attached hydrogens (tertiary/aromatic N) is 1. The quantitative estimate of drug-likeness (QED) is 0.432. The van der Waals surface area contributed by atoms with Crippen LogP contribution in [0.2, 0.25) is 0 Å². The van der Waals surface area contributed by atoms with Crippen LogP contribution in [-0.4, -0.2) is 46.2 Å². The molecule has 2 aromatic carbocycles. The highest BCUT2D eigenvalue weighted by molar-refractivity contribution is 7.92. The number of hydrogen-bond acceptors (Lipinski definition) is 5. The minimum absolute atomic E-state index is 0.0438. The molecular formula is C23H25F4N3O5S2. The van der Waals surface area contributed by atoms with Crippen molar-refractivity contribution in [3.05, 3.63) is 77.0 Å². The molecule has 3 rings (SSSR count). The lowest BCUT2D eigenvalue weighted by Crippen LogP contribution is -2.42. The van der Waals surface area contributed by atoms with E-state index in [1.165, 1.54) is 18.2 Å². The van der Waals surface area contributed by atoms with Crippen molar-refractivity contribution in [2.75, 3.05) is 13.1 Å². The average molecular weight is 564 g/mol. The molecule has 2 aromatic rings. The van der Waals surface area contributed by atoms with Gasteiger partial charge in [0.15, 0.2) is 0 Å². The van der Waals surface area contributed by atoms with E-state index in [0.29, 0.717) is 23.8 Å². The van der Waals surface area contributed by atoms with Crippen LogP contribution in [0.3, 0.4) is 0 Å². The van der Waals surface area contributed by atoms with Gasteiger partial charge >= 0.3 is 6.18 Å². The molecule has 1 saturated heterocycles. The number of benzene rings is 2. The van der Waals surface area contributed by atoms with Gasteiger partial charge in [0.2, 0.25) is 26.0 Å². The van der Waals surface area contributed by atoms with Crippen LogP contribution in [0, 0.1) is 5.82 Å². The largest absolute Gasteiger partial charge is 0.416 e. The van der Waals surface area contributed by atoms with E-state index in [0.717, 1.165) is 28.6 Å². The van der Waals surface area contributed by atoms with Crippen molar-refractivity contribution in [1.29, 1.82) is 0 Å². The highest BCUT2D eigenvalue weighted by atomic mass is 32.2. The molecule has 0 aromatic heterocycles. The molecule has 202 valence electrons. The zero-order valence-corrected chi connectivity index (χ0v) is 21.1. The van der Waals surface area contributed by atoms with Crippen LogP contribution in [-0.2, 0) is 44.0 Å². The normalized spacial score (nSPS) is 17.0. The maximum atomic E-state index is 14.8. The number of hydrogen-bond donors (Lipinski definition) is 2. The van der Waals surface area contributed by atoms with Gasteiger partial charge in [-0.25, -0.2) is 25.9 Å². The van der Waals surface area contributed by atoms with Crippen molar-refractivity contribution in [3.8, 4) is 0 Å². The van der Waals surface area contributed by atoms with Crippen molar-refractivity contribution in [1.82, 2.24) is 14.3 Å². The molecule has 2 N–H and O–H groups in total. The van der Waals surface area contributed by atoms with Gasteiger partial charge < -0.3 is 5.32 Å². The number of amides is 1. The fourth-order valence-electron chi connectivity index (χ4n) is 3.85. The Balaban J connectivity index is 1.63. The summed E-state index contributed by atoms with van der Waals surface area (Å²) in [6.07, 6.45) is -3.89. The second-order valence-corrected chi connectivity index (χ2v) is 12.0. The van der Waals surface area contributed by atoms with Crippen molar-refractivity contribution in [2.24, 2.45) is 0 Å². The highest BCUT2D eigenvalue weighted by Gasteiger charge is 2.37. The van der Waals surface area contributed by atoms with E-state index >= 15 is 0 Å². The first kappa shape index (κ1) is 28.8. The predicted molar refractivity (Wildman–Crippen MR) is 127 cm³/mol. The second-order valence-electron chi connectivity index (χ2n) is 8.38. The van der Waals surface area contributed by atoms with Crippen LogP contribution in [0.25, 0.3) is 0 Å². The van der Waals surface area contributed by atoms with E-state index in [2.05, 4.69) is 16.6 Å². The van der Waals surface area contributed by atoms with E-state index in [1.807, 2.05) is 0 Å². The Kier molecular flexibility index (Phi) is 8.78. The summed E-state index contributed by atoms with van der Waals surface area (Å²) in [6, 6.07) is 6.83. The summed E-state index contributed by atoms with van der Waals surface area (Å²) < 4.78 is 105. The Morgan fingerprint density at radius 1 is 1.08 bits per heavy atom. The number of alkyl halides is 3. The summed E-state index contributed by atoms with van der Waals surface area (Å²) >= 11 is 0. The van der Waals surface area contributed by atoms with Crippen LogP contribution in [0.4, 0.5) is 17.6 Å². The van der Waals surface area contributed by atoms with Crippen LogP contribution >= 0.6 is 0 Å². The van der Waals surface area contributed by atoms with Gasteiger partial charge in [0.05, 0.1) is 12.0 Å². The van der Waals surface area contributed by atoms with Crippen molar-refractivity contribution in [2.45, 2.75) is 42.9 Å². The maximum Gasteiger partial charge on any atom is 0.416 e. The van der Waals surface area contributed by atoms with E-state index in [4.69, 9.17) is 0 Å². The Hall–Kier alpha value is -2.81. The molecule has 0 radical (unpaired) electrons. The Morgan fingerprint density at radius 2 is 1.73 bits per heavy atom. The molecule has 1 heterocycles. The molecule has 8 nitrogen and oxygen atoms in total. The maximum absolute atomic E-state index is 14.8. The summed E-state index contributed by atoms with van der Waals surface area (Å²) in [4.78, 5) is 11.6. The summed E-state index contributed by atoms with van der Waals surface area (Å²) in [5.74, 6) is -1.60. The summed E-state index contributed by atoms with van der Waals surface area (Å²) in [5, 5.41) is 3.23. The van der Waals surface area contributed by atoms with Gasteiger partial charge in [-0.05, 0) is 48.2 Å². The number of halogens is 4. The predicted octanol–water partition coefficient (Wildman–Crippen LogP) is 2.92. The van der Waals surface area contributed by atoms with E-state index in [-0.39, 0.29) is 31.6 Å². The molecule has 1 fully saturated rings. The van der Waals surface area contributed by atoms with Gasteiger partial charge in [0.1, 0.15) is 10.7 Å². The molecule has 37 heavy (non-hydrogen) atoms. The first-order valence-electron chi connectivity index (χ1n) is 11.1. The van der Waals surface area contributed by atoms with Gasteiger partial charge in [-0.3, -0.25) is 4.79 Å². The highest BCUT2D eigenvalue weighted by Crippen LogP contribution is 2.29. The molecule has 0 unspecified atom stereocenters. The molecule has 1 amide bonds. The lowest BCUT2D eigenvalue weighted by atomic mass is 10.1. The standard InChI is InChI=1S/C23H25F4N3O5S2/c1-2-36(32,33)29-15-19-4-3-11-30(19)37(34,35)21-10-7-17(12-20(21)24)13-22(31)28-14-16-5-8-18(9-6-16)23(25,26)27/h2,5-10,12,19,29H,1,3-4,11,13-15H2,(H,28,31)/t19-/m1/s1. The molecule has 1 atom stereocenters. The molecule has 0 bridgehead atoms. The third kappa shape index (κ3) is 7.37. The zero-order valence-electron chi connectivity index (χ0n) is 19.5. The molecule has 0 spiro atoms. The summed E-state index contributed by atoms with van der Waals surface area (Å²) in [7, 11) is -8.04. The fraction of sp³-hybridized carbons (Fsp3) is 0.348. The molecule has 0 saturated carbocycles. The van der Waals surface area contributed by atoms with Gasteiger partial charge in [-0.1, -0.05) is 24.8 Å². The van der Waals surface area contributed by atoms with Gasteiger partial charge in [-0.15, -0.1) is 0 Å². The zero-order chi connectivity index (χ0) is 27.4. The van der Waals surface area contributed by atoms with Crippen LogP contribution < -0.4 is 10.0 Å². The average Bonchev–Trinajstić information content (AvgIpc) is 3.31. The molecule has 0 aliphatic carbocycles. The SMILES string of the molecule is C=CS(=O)(=O)NC[C@H]1CCCN1S(=O)(=O)c1ccc(CC(=O)NCc2ccc(C(F)(F)F)cc2)cc1F. The topological polar surface area (TPSA) is 113 Å². The van der Waals surface area contributed by atoms with Gasteiger partial charge in [-0.2, -0.15) is 17.5 Å². The number of carbonyl (C=O) groups is 1. The number of carbonyl (C=O) groups excluding carboxylic acids is 1. The minimum Gasteiger partial charge on any atom is -0.352 e. The van der Waals surface area contributed by atoms with Crippen molar-refractivity contribution >= 4 is 26.0 Å². The third-order valence-electron chi connectivity index (χ3n) is 5.78. The first-order valence-corrected chi connectivity index (χ1v) is 14.1. The number of rotatable bonds is 10. The van der Waals surface area contributed by atoms with Gasteiger partial charge in [0, 0.05) is 31.1 Å². The third-order valence-corrected chi connectivity index (χ3v) is 8.77. The summed E-state index contributed by atoms with van der Waals surface area (Å²) in [6.45, 7) is 3.04. The first-order chi connectivity index (χ1) is 17.2. The number of nitrogens with one attached hydrogen (secondary N) is 2. The van der Waals surface area contributed by atoms with Crippen LogP contribution in [0.15, 0.2) is 59.3 Å². The van der Waals surface area contributed by atoms with Crippen molar-refractivity contribution < 1.29 is 39.2 Å². The van der Waals surface area contributed by atoms with Crippen LogP contribution in [0.1, 0.15) is 29.5 Å². The summed E-state index contributed by atoms with van der Waals surface area (Å²) in [5.41, 5.74) is -0.186. The van der Waals surface area contributed by atoms with E-state index in [9.17, 15) is 39.2 Å². The Morgan fingerprint density at radius 3 is 2.32 bits per heavy atom. The lowest BCUT2D eigenvalue weighted by molar-refractivity contribution is -0.137. The van der Waals surface area contributed by atoms with Crippen molar-refractivity contribution in [3.63, 3.8) is 0 Å². The Labute approximate surface area is 212 Å².